The van der Waals surface area contributed by atoms with Crippen molar-refractivity contribution in [1.29, 1.82) is 0 Å². The summed E-state index contributed by atoms with van der Waals surface area (Å²) in [5.74, 6) is -0.182. The van der Waals surface area contributed by atoms with Crippen molar-refractivity contribution in [2.75, 3.05) is 11.9 Å². The third-order valence-corrected chi connectivity index (χ3v) is 3.40. The normalized spacial score (nSPS) is 10.7. The summed E-state index contributed by atoms with van der Waals surface area (Å²) in [5, 5.41) is 0. The third kappa shape index (κ3) is 3.36. The van der Waals surface area contributed by atoms with Gasteiger partial charge in [0.1, 0.15) is 5.82 Å². The monoisotopic (exact) mass is 272 g/mol. The average molecular weight is 272 g/mol. The smallest absolute Gasteiger partial charge is 0.128 e. The molecule has 0 unspecified atom stereocenters. The molecule has 2 nitrogen and oxygen atoms in total. The lowest BCUT2D eigenvalue weighted by Crippen LogP contribution is -2.18. The predicted octanol–water partition coefficient (Wildman–Crippen LogP) is 3.54. The standard InChI is InChI=1S/C17H21FN2/c1-12-6-13(2)8-16(7-12)20(3)11-15-9-14(10-19)4-5-17(15)18/h4-9H,10-11,19H2,1-3H3. The van der Waals surface area contributed by atoms with Gasteiger partial charge >= 0.3 is 0 Å². The van der Waals surface area contributed by atoms with E-state index in [1.54, 1.807) is 6.07 Å². The molecule has 0 bridgehead atoms. The van der Waals surface area contributed by atoms with Crippen molar-refractivity contribution in [3.63, 3.8) is 0 Å². The molecule has 0 heterocycles. The van der Waals surface area contributed by atoms with Crippen LogP contribution in [-0.4, -0.2) is 7.05 Å². The minimum absolute atomic E-state index is 0.182. The third-order valence-electron chi connectivity index (χ3n) is 3.40. The molecule has 0 aliphatic carbocycles. The lowest BCUT2D eigenvalue weighted by atomic mass is 10.1. The van der Waals surface area contributed by atoms with Gasteiger partial charge in [0.2, 0.25) is 0 Å². The SMILES string of the molecule is Cc1cc(C)cc(N(C)Cc2cc(CN)ccc2F)c1. The van der Waals surface area contributed by atoms with Gasteiger partial charge in [0, 0.05) is 31.4 Å². The first kappa shape index (κ1) is 14.5. The van der Waals surface area contributed by atoms with E-state index in [1.165, 1.54) is 17.2 Å². The molecule has 0 aliphatic heterocycles. The molecule has 0 radical (unpaired) electrons. The van der Waals surface area contributed by atoms with Crippen molar-refractivity contribution in [2.45, 2.75) is 26.9 Å². The van der Waals surface area contributed by atoms with Crippen LogP contribution >= 0.6 is 0 Å². The van der Waals surface area contributed by atoms with Crippen molar-refractivity contribution in [1.82, 2.24) is 0 Å². The number of hydrogen-bond acceptors (Lipinski definition) is 2. The maximum Gasteiger partial charge on any atom is 0.128 e. The Morgan fingerprint density at radius 2 is 1.70 bits per heavy atom. The topological polar surface area (TPSA) is 29.3 Å². The number of aryl methyl sites for hydroxylation is 2. The van der Waals surface area contributed by atoms with E-state index in [4.69, 9.17) is 5.73 Å². The Morgan fingerprint density at radius 3 is 2.30 bits per heavy atom. The molecule has 0 amide bonds. The van der Waals surface area contributed by atoms with E-state index < -0.39 is 0 Å². The summed E-state index contributed by atoms with van der Waals surface area (Å²) in [6.07, 6.45) is 0. The Bertz CT molecular complexity index is 588. The highest BCUT2D eigenvalue weighted by atomic mass is 19.1. The highest BCUT2D eigenvalue weighted by molar-refractivity contribution is 5.50. The molecular formula is C17H21FN2. The second-order valence-corrected chi connectivity index (χ2v) is 5.33. The van der Waals surface area contributed by atoms with Crippen LogP contribution in [0, 0.1) is 19.7 Å². The first-order valence-corrected chi connectivity index (χ1v) is 6.76. The van der Waals surface area contributed by atoms with Gasteiger partial charge in [0.25, 0.3) is 0 Å². The molecule has 2 rings (SSSR count). The number of anilines is 1. The predicted molar refractivity (Wildman–Crippen MR) is 82.3 cm³/mol. The zero-order valence-electron chi connectivity index (χ0n) is 12.3. The van der Waals surface area contributed by atoms with Crippen molar-refractivity contribution >= 4 is 5.69 Å². The number of halogens is 1. The maximum atomic E-state index is 13.9. The summed E-state index contributed by atoms with van der Waals surface area (Å²) >= 11 is 0. The number of hydrogen-bond donors (Lipinski definition) is 1. The van der Waals surface area contributed by atoms with E-state index in [1.807, 2.05) is 13.1 Å². The molecule has 106 valence electrons. The molecule has 2 N–H and O–H groups in total. The largest absolute Gasteiger partial charge is 0.370 e. The summed E-state index contributed by atoms with van der Waals surface area (Å²) in [6, 6.07) is 11.4. The highest BCUT2D eigenvalue weighted by Gasteiger charge is 2.08. The molecule has 0 aromatic heterocycles. The number of nitrogens with zero attached hydrogens (tertiary/aromatic N) is 1. The van der Waals surface area contributed by atoms with Gasteiger partial charge in [-0.15, -0.1) is 0 Å². The minimum atomic E-state index is -0.182. The fourth-order valence-corrected chi connectivity index (χ4v) is 2.39. The summed E-state index contributed by atoms with van der Waals surface area (Å²) in [4.78, 5) is 2.05. The van der Waals surface area contributed by atoms with Gasteiger partial charge < -0.3 is 10.6 Å². The van der Waals surface area contributed by atoms with Crippen molar-refractivity contribution in [3.05, 3.63) is 64.5 Å². The lowest BCUT2D eigenvalue weighted by molar-refractivity contribution is 0.607. The number of rotatable bonds is 4. The molecule has 0 aliphatic rings. The van der Waals surface area contributed by atoms with Gasteiger partial charge in [-0.05, 0) is 54.8 Å². The maximum absolute atomic E-state index is 13.9. The van der Waals surface area contributed by atoms with E-state index in [-0.39, 0.29) is 5.82 Å². The Balaban J connectivity index is 2.24. The van der Waals surface area contributed by atoms with Crippen molar-refractivity contribution in [3.8, 4) is 0 Å². The molecule has 2 aromatic carbocycles. The van der Waals surface area contributed by atoms with Crippen LogP contribution in [0.15, 0.2) is 36.4 Å². The number of benzene rings is 2. The molecule has 20 heavy (non-hydrogen) atoms. The minimum Gasteiger partial charge on any atom is -0.370 e. The Labute approximate surface area is 120 Å². The number of nitrogens with two attached hydrogens (primary N) is 1. The second kappa shape index (κ2) is 6.06. The van der Waals surface area contributed by atoms with Crippen LogP contribution in [-0.2, 0) is 13.1 Å². The second-order valence-electron chi connectivity index (χ2n) is 5.33. The molecule has 0 spiro atoms. The van der Waals surface area contributed by atoms with Crippen LogP contribution in [0.3, 0.4) is 0 Å². The zero-order chi connectivity index (χ0) is 14.7. The summed E-state index contributed by atoms with van der Waals surface area (Å²) in [5.41, 5.74) is 10.8. The Morgan fingerprint density at radius 1 is 1.05 bits per heavy atom. The lowest BCUT2D eigenvalue weighted by Gasteiger charge is -2.21. The van der Waals surface area contributed by atoms with Crippen LogP contribution in [0.25, 0.3) is 0 Å². The first-order chi connectivity index (χ1) is 9.49. The van der Waals surface area contributed by atoms with Crippen LogP contribution in [0.2, 0.25) is 0 Å². The molecule has 0 saturated heterocycles. The van der Waals surface area contributed by atoms with Gasteiger partial charge in [0.15, 0.2) is 0 Å². The van der Waals surface area contributed by atoms with Crippen LogP contribution in [0.1, 0.15) is 22.3 Å². The quantitative estimate of drug-likeness (QED) is 0.922. The van der Waals surface area contributed by atoms with Gasteiger partial charge in [-0.3, -0.25) is 0 Å². The molecule has 3 heteroatoms. The summed E-state index contributed by atoms with van der Waals surface area (Å²) in [6.45, 7) is 5.10. The van der Waals surface area contributed by atoms with E-state index in [9.17, 15) is 4.39 Å². The molecule has 0 fully saturated rings. The fourth-order valence-electron chi connectivity index (χ4n) is 2.39. The van der Waals surface area contributed by atoms with Crippen LogP contribution in [0.4, 0.5) is 10.1 Å². The zero-order valence-corrected chi connectivity index (χ0v) is 12.3. The van der Waals surface area contributed by atoms with E-state index >= 15 is 0 Å². The Kier molecular flexibility index (Phi) is 4.40. The first-order valence-electron chi connectivity index (χ1n) is 6.76. The molecular weight excluding hydrogens is 251 g/mol. The molecule has 0 atom stereocenters. The van der Waals surface area contributed by atoms with Crippen molar-refractivity contribution < 1.29 is 4.39 Å². The highest BCUT2D eigenvalue weighted by Crippen LogP contribution is 2.21. The molecule has 2 aromatic rings. The fraction of sp³-hybridized carbons (Fsp3) is 0.294. The molecule has 0 saturated carbocycles. The summed E-state index contributed by atoms with van der Waals surface area (Å²) < 4.78 is 13.9. The van der Waals surface area contributed by atoms with Gasteiger partial charge in [-0.1, -0.05) is 12.1 Å². The van der Waals surface area contributed by atoms with Crippen LogP contribution in [0.5, 0.6) is 0 Å². The average Bonchev–Trinajstić information content (AvgIpc) is 2.40. The van der Waals surface area contributed by atoms with E-state index in [2.05, 4.69) is 36.9 Å². The van der Waals surface area contributed by atoms with E-state index in [0.29, 0.717) is 18.7 Å². The van der Waals surface area contributed by atoms with E-state index in [0.717, 1.165) is 11.3 Å². The summed E-state index contributed by atoms with van der Waals surface area (Å²) in [7, 11) is 1.97. The van der Waals surface area contributed by atoms with Gasteiger partial charge in [-0.25, -0.2) is 4.39 Å². The van der Waals surface area contributed by atoms with Crippen molar-refractivity contribution in [2.24, 2.45) is 5.73 Å². The van der Waals surface area contributed by atoms with Gasteiger partial charge in [0.05, 0.1) is 0 Å². The van der Waals surface area contributed by atoms with Crippen LogP contribution < -0.4 is 10.6 Å². The van der Waals surface area contributed by atoms with Gasteiger partial charge in [-0.2, -0.15) is 0 Å². The Hall–Kier alpha value is -1.87.